The van der Waals surface area contributed by atoms with E-state index in [2.05, 4.69) is 21.8 Å². The van der Waals surface area contributed by atoms with Gasteiger partial charge in [0.2, 0.25) is 0 Å². The Morgan fingerprint density at radius 1 is 1.62 bits per heavy atom. The van der Waals surface area contributed by atoms with Crippen LogP contribution in [0.5, 0.6) is 0 Å². The topological polar surface area (TPSA) is 39.1 Å². The molecule has 0 aromatic carbocycles. The predicted octanol–water partition coefficient (Wildman–Crippen LogP) is 1.35. The molecule has 90 valence electrons. The van der Waals surface area contributed by atoms with Gasteiger partial charge in [0.1, 0.15) is 5.82 Å². The SMILES string of the molecule is Cc1nccn1CCNCC1(C)CCCO1. The predicted molar refractivity (Wildman–Crippen MR) is 63.4 cm³/mol. The fourth-order valence-electron chi connectivity index (χ4n) is 2.17. The van der Waals surface area contributed by atoms with E-state index in [9.17, 15) is 0 Å². The molecule has 1 aliphatic heterocycles. The quantitative estimate of drug-likeness (QED) is 0.766. The number of nitrogens with zero attached hydrogens (tertiary/aromatic N) is 2. The van der Waals surface area contributed by atoms with Gasteiger partial charge in [0, 0.05) is 38.6 Å². The van der Waals surface area contributed by atoms with E-state index in [1.165, 1.54) is 12.8 Å². The van der Waals surface area contributed by atoms with Gasteiger partial charge in [-0.05, 0) is 26.7 Å². The lowest BCUT2D eigenvalue weighted by Gasteiger charge is -2.23. The number of imidazole rings is 1. The number of hydrogen-bond donors (Lipinski definition) is 1. The first-order valence-electron chi connectivity index (χ1n) is 6.02. The number of nitrogens with one attached hydrogen (secondary N) is 1. The summed E-state index contributed by atoms with van der Waals surface area (Å²) < 4.78 is 7.88. The zero-order valence-electron chi connectivity index (χ0n) is 10.2. The van der Waals surface area contributed by atoms with Crippen molar-refractivity contribution < 1.29 is 4.74 Å². The normalized spacial score (nSPS) is 25.1. The van der Waals surface area contributed by atoms with Crippen molar-refractivity contribution in [2.75, 3.05) is 19.7 Å². The number of aryl methyl sites for hydroxylation is 1. The van der Waals surface area contributed by atoms with E-state index in [4.69, 9.17) is 4.74 Å². The van der Waals surface area contributed by atoms with Crippen molar-refractivity contribution >= 4 is 0 Å². The van der Waals surface area contributed by atoms with Gasteiger partial charge >= 0.3 is 0 Å². The molecule has 4 nitrogen and oxygen atoms in total. The molecule has 1 fully saturated rings. The molecule has 4 heteroatoms. The maximum Gasteiger partial charge on any atom is 0.105 e. The number of aromatic nitrogens is 2. The van der Waals surface area contributed by atoms with Crippen molar-refractivity contribution in [1.29, 1.82) is 0 Å². The first kappa shape index (κ1) is 11.6. The standard InChI is InChI=1S/C12H21N3O/c1-11-14-6-8-15(11)7-5-13-10-12(2)4-3-9-16-12/h6,8,13H,3-5,7,9-10H2,1-2H3. The average molecular weight is 223 g/mol. The summed E-state index contributed by atoms with van der Waals surface area (Å²) >= 11 is 0. The van der Waals surface area contributed by atoms with Crippen LogP contribution in [-0.4, -0.2) is 34.8 Å². The molecule has 1 aliphatic rings. The molecule has 0 bridgehead atoms. The van der Waals surface area contributed by atoms with Gasteiger partial charge in [-0.25, -0.2) is 4.98 Å². The molecule has 2 rings (SSSR count). The van der Waals surface area contributed by atoms with Gasteiger partial charge in [-0.15, -0.1) is 0 Å². The van der Waals surface area contributed by atoms with Crippen LogP contribution in [0.15, 0.2) is 12.4 Å². The molecular formula is C12H21N3O. The highest BCUT2D eigenvalue weighted by atomic mass is 16.5. The summed E-state index contributed by atoms with van der Waals surface area (Å²) in [5.74, 6) is 1.07. The molecule has 0 aliphatic carbocycles. The second-order valence-electron chi connectivity index (χ2n) is 4.75. The Balaban J connectivity index is 1.67. The van der Waals surface area contributed by atoms with Crippen LogP contribution in [0.25, 0.3) is 0 Å². The third-order valence-corrected chi connectivity index (χ3v) is 3.25. The van der Waals surface area contributed by atoms with E-state index in [0.717, 1.165) is 32.1 Å². The van der Waals surface area contributed by atoms with Crippen LogP contribution < -0.4 is 5.32 Å². The minimum absolute atomic E-state index is 0.0595. The van der Waals surface area contributed by atoms with Gasteiger partial charge in [-0.3, -0.25) is 0 Å². The molecule has 0 spiro atoms. The molecule has 0 saturated carbocycles. The molecule has 1 unspecified atom stereocenters. The number of rotatable bonds is 5. The van der Waals surface area contributed by atoms with Gasteiger partial charge in [0.05, 0.1) is 5.60 Å². The van der Waals surface area contributed by atoms with Crippen LogP contribution in [0.4, 0.5) is 0 Å². The number of hydrogen-bond acceptors (Lipinski definition) is 3. The van der Waals surface area contributed by atoms with E-state index >= 15 is 0 Å². The zero-order chi connectivity index (χ0) is 11.4. The maximum atomic E-state index is 5.72. The van der Waals surface area contributed by atoms with Crippen LogP contribution in [0.3, 0.4) is 0 Å². The third-order valence-electron chi connectivity index (χ3n) is 3.25. The Bertz CT molecular complexity index is 329. The van der Waals surface area contributed by atoms with Gasteiger partial charge in [-0.1, -0.05) is 0 Å². The smallest absolute Gasteiger partial charge is 0.105 e. The second kappa shape index (κ2) is 4.97. The van der Waals surface area contributed by atoms with Gasteiger partial charge in [-0.2, -0.15) is 0 Å². The Kier molecular flexibility index (Phi) is 3.61. The van der Waals surface area contributed by atoms with E-state index in [1.807, 2.05) is 19.3 Å². The largest absolute Gasteiger partial charge is 0.374 e. The first-order valence-corrected chi connectivity index (χ1v) is 6.02. The van der Waals surface area contributed by atoms with Crippen LogP contribution in [-0.2, 0) is 11.3 Å². The van der Waals surface area contributed by atoms with Crippen LogP contribution in [0.2, 0.25) is 0 Å². The van der Waals surface area contributed by atoms with Crippen molar-refractivity contribution in [2.45, 2.75) is 38.8 Å². The average Bonchev–Trinajstić information content (AvgIpc) is 2.84. The molecule has 1 aromatic rings. The molecule has 1 N–H and O–H groups in total. The third kappa shape index (κ3) is 2.83. The summed E-state index contributed by atoms with van der Waals surface area (Å²) in [6.07, 6.45) is 6.23. The Morgan fingerprint density at radius 2 is 2.50 bits per heavy atom. The molecule has 1 saturated heterocycles. The van der Waals surface area contributed by atoms with Crippen LogP contribution >= 0.6 is 0 Å². The van der Waals surface area contributed by atoms with E-state index < -0.39 is 0 Å². The second-order valence-corrected chi connectivity index (χ2v) is 4.75. The lowest BCUT2D eigenvalue weighted by Crippen LogP contribution is -2.38. The fraction of sp³-hybridized carbons (Fsp3) is 0.750. The molecule has 0 radical (unpaired) electrons. The first-order chi connectivity index (χ1) is 7.70. The minimum Gasteiger partial charge on any atom is -0.374 e. The highest BCUT2D eigenvalue weighted by Crippen LogP contribution is 2.23. The van der Waals surface area contributed by atoms with Crippen LogP contribution in [0.1, 0.15) is 25.6 Å². The number of ether oxygens (including phenoxy) is 1. The van der Waals surface area contributed by atoms with Crippen LogP contribution in [0, 0.1) is 6.92 Å². The summed E-state index contributed by atoms with van der Waals surface area (Å²) in [4.78, 5) is 4.20. The summed E-state index contributed by atoms with van der Waals surface area (Å²) in [5.41, 5.74) is 0.0595. The van der Waals surface area contributed by atoms with Crippen molar-refractivity contribution in [3.63, 3.8) is 0 Å². The van der Waals surface area contributed by atoms with Gasteiger partial charge in [0.15, 0.2) is 0 Å². The molecule has 1 aromatic heterocycles. The molecule has 2 heterocycles. The summed E-state index contributed by atoms with van der Waals surface area (Å²) in [6, 6.07) is 0. The summed E-state index contributed by atoms with van der Waals surface area (Å²) in [6.45, 7) is 8.02. The monoisotopic (exact) mass is 223 g/mol. The molecular weight excluding hydrogens is 202 g/mol. The minimum atomic E-state index is 0.0595. The van der Waals surface area contributed by atoms with Crippen molar-refractivity contribution in [1.82, 2.24) is 14.9 Å². The highest BCUT2D eigenvalue weighted by molar-refractivity contribution is 4.88. The van der Waals surface area contributed by atoms with Crippen molar-refractivity contribution in [3.05, 3.63) is 18.2 Å². The van der Waals surface area contributed by atoms with Crippen molar-refractivity contribution in [3.8, 4) is 0 Å². The van der Waals surface area contributed by atoms with E-state index in [1.54, 1.807) is 0 Å². The fourth-order valence-corrected chi connectivity index (χ4v) is 2.17. The molecule has 16 heavy (non-hydrogen) atoms. The lowest BCUT2D eigenvalue weighted by atomic mass is 10.0. The van der Waals surface area contributed by atoms with Gasteiger partial charge in [0.25, 0.3) is 0 Å². The summed E-state index contributed by atoms with van der Waals surface area (Å²) in [7, 11) is 0. The Labute approximate surface area is 97.0 Å². The maximum absolute atomic E-state index is 5.72. The lowest BCUT2D eigenvalue weighted by molar-refractivity contribution is 0.0209. The Hall–Kier alpha value is -0.870. The van der Waals surface area contributed by atoms with E-state index in [0.29, 0.717) is 0 Å². The summed E-state index contributed by atoms with van der Waals surface area (Å²) in [5, 5.41) is 3.46. The Morgan fingerprint density at radius 3 is 3.12 bits per heavy atom. The van der Waals surface area contributed by atoms with Gasteiger partial charge < -0.3 is 14.6 Å². The van der Waals surface area contributed by atoms with Crippen molar-refractivity contribution in [2.24, 2.45) is 0 Å². The zero-order valence-corrected chi connectivity index (χ0v) is 10.2. The molecule has 1 atom stereocenters. The molecule has 0 amide bonds. The van der Waals surface area contributed by atoms with E-state index in [-0.39, 0.29) is 5.60 Å². The highest BCUT2D eigenvalue weighted by Gasteiger charge is 2.28.